The second-order valence-electron chi connectivity index (χ2n) is 8.18. The number of esters is 1. The number of allylic oxidation sites excluding steroid dienone is 2. The Labute approximate surface area is 174 Å². The first-order valence-corrected chi connectivity index (χ1v) is 12.1. The number of nitrogens with zero attached hydrogens (tertiary/aromatic N) is 1. The molecule has 1 saturated heterocycles. The first kappa shape index (κ1) is 25.2. The summed E-state index contributed by atoms with van der Waals surface area (Å²) in [7, 11) is 0. The lowest BCUT2D eigenvalue weighted by molar-refractivity contribution is -0.145. The van der Waals surface area contributed by atoms with Crippen LogP contribution >= 0.6 is 0 Å². The van der Waals surface area contributed by atoms with E-state index in [0.717, 1.165) is 32.6 Å². The van der Waals surface area contributed by atoms with Crippen molar-refractivity contribution in [1.82, 2.24) is 10.2 Å². The lowest BCUT2D eigenvalue weighted by Crippen LogP contribution is -2.45. The van der Waals surface area contributed by atoms with Gasteiger partial charge < -0.3 is 10.1 Å². The van der Waals surface area contributed by atoms with E-state index in [1.54, 1.807) is 0 Å². The van der Waals surface area contributed by atoms with Crippen molar-refractivity contribution in [2.24, 2.45) is 0 Å². The van der Waals surface area contributed by atoms with E-state index in [1.165, 1.54) is 83.5 Å². The first-order chi connectivity index (χ1) is 13.8. The molecule has 0 amide bonds. The normalized spacial score (nSPS) is 15.3. The summed E-state index contributed by atoms with van der Waals surface area (Å²) in [5.74, 6) is -0.0605. The fourth-order valence-corrected chi connectivity index (χ4v) is 3.63. The van der Waals surface area contributed by atoms with Crippen LogP contribution in [0.15, 0.2) is 12.2 Å². The smallest absolute Gasteiger partial charge is 0.320 e. The molecule has 0 unspecified atom stereocenters. The highest BCUT2D eigenvalue weighted by molar-refractivity contribution is 5.71. The van der Waals surface area contributed by atoms with E-state index < -0.39 is 0 Å². The molecular weight excluding hydrogens is 348 g/mol. The van der Waals surface area contributed by atoms with Crippen molar-refractivity contribution in [2.45, 2.75) is 96.8 Å². The number of hydrogen-bond donors (Lipinski definition) is 1. The minimum absolute atomic E-state index is 0.0605. The second kappa shape index (κ2) is 19.4. The summed E-state index contributed by atoms with van der Waals surface area (Å²) >= 11 is 0. The molecule has 1 N–H and O–H groups in total. The predicted octanol–water partition coefficient (Wildman–Crippen LogP) is 5.47. The maximum atomic E-state index is 11.8. The van der Waals surface area contributed by atoms with Gasteiger partial charge >= 0.3 is 5.97 Å². The van der Waals surface area contributed by atoms with Crippen molar-refractivity contribution in [3.8, 4) is 0 Å². The van der Waals surface area contributed by atoms with Crippen molar-refractivity contribution in [3.63, 3.8) is 0 Å². The van der Waals surface area contributed by atoms with Crippen LogP contribution in [0.3, 0.4) is 0 Å². The highest BCUT2D eigenvalue weighted by atomic mass is 16.5. The number of unbranched alkanes of at least 4 members (excludes halogenated alkanes) is 12. The molecule has 4 nitrogen and oxygen atoms in total. The van der Waals surface area contributed by atoms with Crippen LogP contribution in [0.2, 0.25) is 0 Å². The number of nitrogens with one attached hydrogen (secondary N) is 1. The molecule has 0 atom stereocenters. The van der Waals surface area contributed by atoms with Gasteiger partial charge in [0.1, 0.15) is 0 Å². The van der Waals surface area contributed by atoms with Crippen LogP contribution < -0.4 is 5.32 Å². The number of ether oxygens (including phenoxy) is 1. The molecule has 1 aliphatic heterocycles. The van der Waals surface area contributed by atoms with Crippen LogP contribution in [-0.4, -0.2) is 50.2 Å². The Balaban J connectivity index is 1.75. The average molecular weight is 395 g/mol. The van der Waals surface area contributed by atoms with E-state index in [0.29, 0.717) is 13.2 Å². The maximum absolute atomic E-state index is 11.8. The third kappa shape index (κ3) is 16.1. The van der Waals surface area contributed by atoms with Crippen molar-refractivity contribution in [2.75, 3.05) is 39.3 Å². The Hall–Kier alpha value is -0.870. The molecule has 0 aliphatic carbocycles. The number of hydrogen-bond acceptors (Lipinski definition) is 4. The topological polar surface area (TPSA) is 41.6 Å². The number of carbonyl (C=O) groups excluding carboxylic acids is 1. The minimum atomic E-state index is -0.0605. The van der Waals surface area contributed by atoms with Crippen LogP contribution in [-0.2, 0) is 9.53 Å². The van der Waals surface area contributed by atoms with E-state index >= 15 is 0 Å². The van der Waals surface area contributed by atoms with Gasteiger partial charge in [-0.15, -0.1) is 0 Å². The molecule has 0 spiro atoms. The third-order valence-corrected chi connectivity index (χ3v) is 5.48. The Bertz CT molecular complexity index is 379. The fraction of sp³-hybridized carbons (Fsp3) is 0.875. The van der Waals surface area contributed by atoms with Crippen LogP contribution in [0.1, 0.15) is 96.8 Å². The lowest BCUT2D eigenvalue weighted by Gasteiger charge is -2.25. The van der Waals surface area contributed by atoms with E-state index in [9.17, 15) is 4.79 Å². The van der Waals surface area contributed by atoms with Crippen molar-refractivity contribution >= 4 is 5.97 Å². The van der Waals surface area contributed by atoms with Gasteiger partial charge in [0.05, 0.1) is 13.2 Å². The molecule has 4 heteroatoms. The maximum Gasteiger partial charge on any atom is 0.320 e. The number of piperazine rings is 1. The predicted molar refractivity (Wildman–Crippen MR) is 120 cm³/mol. The first-order valence-electron chi connectivity index (χ1n) is 12.1. The van der Waals surface area contributed by atoms with E-state index in [2.05, 4.69) is 29.3 Å². The average Bonchev–Trinajstić information content (AvgIpc) is 2.71. The molecule has 164 valence electrons. The van der Waals surface area contributed by atoms with Crippen molar-refractivity contribution < 1.29 is 9.53 Å². The standard InChI is InChI=1S/C24H46N2O2/c1-2-3-4-5-6-7-8-9-10-11-12-13-14-15-16-17-22-28-24(27)23-26-20-18-25-19-21-26/h9-10,25H,2-8,11-23H2,1H3. The Kier molecular flexibility index (Phi) is 17.5. The Morgan fingerprint density at radius 3 is 1.96 bits per heavy atom. The van der Waals surface area contributed by atoms with Gasteiger partial charge in [-0.2, -0.15) is 0 Å². The monoisotopic (exact) mass is 394 g/mol. The number of carbonyl (C=O) groups is 1. The highest BCUT2D eigenvalue weighted by Crippen LogP contribution is 2.10. The van der Waals surface area contributed by atoms with Gasteiger partial charge in [-0.05, 0) is 32.1 Å². The lowest BCUT2D eigenvalue weighted by atomic mass is 10.1. The van der Waals surface area contributed by atoms with Gasteiger partial charge in [0.25, 0.3) is 0 Å². The van der Waals surface area contributed by atoms with Gasteiger partial charge in [-0.25, -0.2) is 0 Å². The molecule has 28 heavy (non-hydrogen) atoms. The van der Waals surface area contributed by atoms with E-state index in [1.807, 2.05) is 0 Å². The zero-order chi connectivity index (χ0) is 20.1. The van der Waals surface area contributed by atoms with Crippen LogP contribution in [0.4, 0.5) is 0 Å². The van der Waals surface area contributed by atoms with Crippen LogP contribution in [0.25, 0.3) is 0 Å². The summed E-state index contributed by atoms with van der Waals surface area (Å²) in [6, 6.07) is 0. The largest absolute Gasteiger partial charge is 0.465 e. The molecule has 0 aromatic heterocycles. The highest BCUT2D eigenvalue weighted by Gasteiger charge is 2.13. The Morgan fingerprint density at radius 1 is 0.821 bits per heavy atom. The van der Waals surface area contributed by atoms with Crippen molar-refractivity contribution in [3.05, 3.63) is 12.2 Å². The van der Waals surface area contributed by atoms with Crippen molar-refractivity contribution in [1.29, 1.82) is 0 Å². The summed E-state index contributed by atoms with van der Waals surface area (Å²) < 4.78 is 5.35. The van der Waals surface area contributed by atoms with Crippen LogP contribution in [0.5, 0.6) is 0 Å². The van der Waals surface area contributed by atoms with Gasteiger partial charge in [-0.3, -0.25) is 9.69 Å². The van der Waals surface area contributed by atoms with Crippen LogP contribution in [0, 0.1) is 0 Å². The second-order valence-corrected chi connectivity index (χ2v) is 8.18. The summed E-state index contributed by atoms with van der Waals surface area (Å²) in [6.07, 6.45) is 23.0. The number of rotatable bonds is 18. The molecule has 0 bridgehead atoms. The molecule has 1 fully saturated rings. The molecule has 0 saturated carbocycles. The molecule has 1 rings (SSSR count). The summed E-state index contributed by atoms with van der Waals surface area (Å²) in [6.45, 7) is 7.16. The fourth-order valence-electron chi connectivity index (χ4n) is 3.63. The molecule has 1 aliphatic rings. The van der Waals surface area contributed by atoms with Gasteiger partial charge in [0.15, 0.2) is 0 Å². The molecule has 0 radical (unpaired) electrons. The minimum Gasteiger partial charge on any atom is -0.465 e. The van der Waals surface area contributed by atoms with E-state index in [4.69, 9.17) is 4.74 Å². The Morgan fingerprint density at radius 2 is 1.36 bits per heavy atom. The molecule has 1 heterocycles. The van der Waals surface area contributed by atoms with Gasteiger partial charge in [-0.1, -0.05) is 76.9 Å². The molecule has 0 aromatic rings. The summed E-state index contributed by atoms with van der Waals surface area (Å²) in [4.78, 5) is 13.9. The zero-order valence-electron chi connectivity index (χ0n) is 18.6. The SMILES string of the molecule is CCCCCCCCC=CCCCCCCCCOC(=O)CN1CCNCC1. The molecular formula is C24H46N2O2. The molecule has 0 aromatic carbocycles. The van der Waals surface area contributed by atoms with Gasteiger partial charge in [0.2, 0.25) is 0 Å². The summed E-state index contributed by atoms with van der Waals surface area (Å²) in [5, 5.41) is 3.29. The summed E-state index contributed by atoms with van der Waals surface area (Å²) in [5.41, 5.74) is 0. The quantitative estimate of drug-likeness (QED) is 0.190. The zero-order valence-corrected chi connectivity index (χ0v) is 18.6. The van der Waals surface area contributed by atoms with Gasteiger partial charge in [0, 0.05) is 26.2 Å². The third-order valence-electron chi connectivity index (χ3n) is 5.48. The van der Waals surface area contributed by atoms with E-state index in [-0.39, 0.29) is 5.97 Å².